The molecule has 2 N–H and O–H groups in total. The third kappa shape index (κ3) is 1.38. The average molecular weight is 210 g/mol. The third-order valence-corrected chi connectivity index (χ3v) is 2.70. The number of imidazole rings is 1. The van der Waals surface area contributed by atoms with E-state index in [1.54, 1.807) is 0 Å². The van der Waals surface area contributed by atoms with Gasteiger partial charge in [0.25, 0.3) is 0 Å². The van der Waals surface area contributed by atoms with Crippen molar-refractivity contribution in [3.05, 3.63) is 29.6 Å². The first-order valence-electron chi connectivity index (χ1n) is 4.42. The lowest BCUT2D eigenvalue weighted by Crippen LogP contribution is -2.01. The second kappa shape index (κ2) is 3.26. The van der Waals surface area contributed by atoms with Crippen LogP contribution in [0.25, 0.3) is 11.0 Å². The molecule has 0 bridgehead atoms. The van der Waals surface area contributed by atoms with Crippen LogP contribution in [0.3, 0.4) is 0 Å². The predicted octanol–water partition coefficient (Wildman–Crippen LogP) is 2.08. The molecule has 1 aromatic heterocycles. The highest BCUT2D eigenvalue weighted by molar-refractivity contribution is 6.20. The number of alkyl halides is 1. The molecule has 1 unspecified atom stereocenters. The number of hydrogen-bond donors (Lipinski definition) is 1. The van der Waals surface area contributed by atoms with Crippen LogP contribution >= 0.6 is 11.6 Å². The summed E-state index contributed by atoms with van der Waals surface area (Å²) in [5, 5.41) is 0. The quantitative estimate of drug-likeness (QED) is 0.577. The van der Waals surface area contributed by atoms with Crippen molar-refractivity contribution in [3.63, 3.8) is 0 Å². The van der Waals surface area contributed by atoms with Crippen molar-refractivity contribution >= 4 is 22.6 Å². The highest BCUT2D eigenvalue weighted by atomic mass is 35.5. The smallest absolute Gasteiger partial charge is 0.106 e. The van der Waals surface area contributed by atoms with E-state index in [1.165, 1.54) is 0 Å². The molecule has 0 saturated heterocycles. The second-order valence-electron chi connectivity index (χ2n) is 3.37. The molecule has 0 spiro atoms. The van der Waals surface area contributed by atoms with E-state index < -0.39 is 5.50 Å². The van der Waals surface area contributed by atoms with Crippen LogP contribution in [0.2, 0.25) is 0 Å². The molecule has 0 fully saturated rings. The molecule has 1 atom stereocenters. The lowest BCUT2D eigenvalue weighted by Gasteiger charge is -2.02. The third-order valence-electron chi connectivity index (χ3n) is 2.45. The molecule has 0 aliphatic carbocycles. The van der Waals surface area contributed by atoms with E-state index in [4.69, 9.17) is 17.3 Å². The fraction of sp³-hybridized carbons (Fsp3) is 0.300. The van der Waals surface area contributed by atoms with Crippen molar-refractivity contribution in [2.45, 2.75) is 12.4 Å². The molecule has 2 rings (SSSR count). The maximum Gasteiger partial charge on any atom is 0.106 e. The molecule has 0 saturated carbocycles. The molecule has 1 heterocycles. The van der Waals surface area contributed by atoms with Crippen molar-refractivity contribution in [1.82, 2.24) is 9.55 Å². The van der Waals surface area contributed by atoms with Crippen LogP contribution in [0.1, 0.15) is 16.9 Å². The van der Waals surface area contributed by atoms with Crippen LogP contribution in [0.4, 0.5) is 0 Å². The highest BCUT2D eigenvalue weighted by Gasteiger charge is 2.07. The second-order valence-corrected chi connectivity index (χ2v) is 3.84. The molecule has 1 aromatic carbocycles. The van der Waals surface area contributed by atoms with Crippen molar-refractivity contribution in [2.75, 3.05) is 0 Å². The maximum absolute atomic E-state index is 5.79. The Bertz CT molecular complexity index is 473. The van der Waals surface area contributed by atoms with Crippen LogP contribution in [0, 0.1) is 6.92 Å². The van der Waals surface area contributed by atoms with Crippen LogP contribution < -0.4 is 5.73 Å². The van der Waals surface area contributed by atoms with Gasteiger partial charge in [-0.1, -0.05) is 6.07 Å². The number of aryl methyl sites for hydroxylation is 2. The van der Waals surface area contributed by atoms with Gasteiger partial charge in [0.05, 0.1) is 11.0 Å². The summed E-state index contributed by atoms with van der Waals surface area (Å²) in [4.78, 5) is 4.40. The van der Waals surface area contributed by atoms with Crippen LogP contribution in [-0.4, -0.2) is 9.55 Å². The van der Waals surface area contributed by atoms with E-state index in [2.05, 4.69) is 4.98 Å². The number of fused-ring (bicyclic) bond motifs is 1. The van der Waals surface area contributed by atoms with Crippen LogP contribution in [-0.2, 0) is 7.05 Å². The Kier molecular flexibility index (Phi) is 2.21. The topological polar surface area (TPSA) is 43.8 Å². The van der Waals surface area contributed by atoms with Crippen molar-refractivity contribution in [2.24, 2.45) is 12.8 Å². The monoisotopic (exact) mass is 209 g/mol. The molecule has 4 heteroatoms. The van der Waals surface area contributed by atoms with Gasteiger partial charge in [-0.2, -0.15) is 0 Å². The Labute approximate surface area is 87.5 Å². The van der Waals surface area contributed by atoms with E-state index in [-0.39, 0.29) is 0 Å². The van der Waals surface area contributed by atoms with Crippen LogP contribution in [0.15, 0.2) is 18.2 Å². The van der Waals surface area contributed by atoms with Gasteiger partial charge in [-0.15, -0.1) is 11.6 Å². The minimum absolute atomic E-state index is 0.457. The van der Waals surface area contributed by atoms with E-state index in [0.717, 1.165) is 22.4 Å². The lowest BCUT2D eigenvalue weighted by molar-refractivity contribution is 0.886. The summed E-state index contributed by atoms with van der Waals surface area (Å²) in [6.07, 6.45) is 0. The Morgan fingerprint density at radius 3 is 2.86 bits per heavy atom. The van der Waals surface area contributed by atoms with Gasteiger partial charge in [-0.25, -0.2) is 4.98 Å². The maximum atomic E-state index is 5.79. The van der Waals surface area contributed by atoms with Gasteiger partial charge < -0.3 is 10.3 Å². The number of nitrogens with two attached hydrogens (primary N) is 1. The first-order chi connectivity index (χ1) is 6.59. The largest absolute Gasteiger partial charge is 0.331 e. The predicted molar refractivity (Wildman–Crippen MR) is 58.2 cm³/mol. The number of hydrogen-bond acceptors (Lipinski definition) is 2. The zero-order valence-electron chi connectivity index (χ0n) is 8.16. The molecule has 74 valence electrons. The zero-order chi connectivity index (χ0) is 10.3. The van der Waals surface area contributed by atoms with Gasteiger partial charge in [0.1, 0.15) is 11.3 Å². The fourth-order valence-corrected chi connectivity index (χ4v) is 1.64. The highest BCUT2D eigenvalue weighted by Crippen LogP contribution is 2.21. The molecule has 0 amide bonds. The summed E-state index contributed by atoms with van der Waals surface area (Å²) in [5.74, 6) is 0.986. The van der Waals surface area contributed by atoms with Gasteiger partial charge >= 0.3 is 0 Å². The first kappa shape index (κ1) is 9.49. The summed E-state index contributed by atoms with van der Waals surface area (Å²) < 4.78 is 2.04. The first-order valence-corrected chi connectivity index (χ1v) is 4.86. The van der Waals surface area contributed by atoms with E-state index in [0.29, 0.717) is 0 Å². The Morgan fingerprint density at radius 1 is 1.50 bits per heavy atom. The molecule has 0 radical (unpaired) electrons. The molecule has 2 aromatic rings. The Hall–Kier alpha value is -1.06. The molecule has 14 heavy (non-hydrogen) atoms. The minimum atomic E-state index is -0.457. The van der Waals surface area contributed by atoms with Gasteiger partial charge in [0.15, 0.2) is 0 Å². The number of halogens is 1. The van der Waals surface area contributed by atoms with E-state index in [1.807, 2.05) is 36.7 Å². The molecular weight excluding hydrogens is 198 g/mol. The number of benzene rings is 1. The van der Waals surface area contributed by atoms with Crippen molar-refractivity contribution < 1.29 is 0 Å². The van der Waals surface area contributed by atoms with Crippen molar-refractivity contribution in [1.29, 1.82) is 0 Å². The van der Waals surface area contributed by atoms with Gasteiger partial charge in [-0.3, -0.25) is 0 Å². The lowest BCUT2D eigenvalue weighted by atomic mass is 10.2. The van der Waals surface area contributed by atoms with Crippen molar-refractivity contribution in [3.8, 4) is 0 Å². The van der Waals surface area contributed by atoms with Gasteiger partial charge in [0.2, 0.25) is 0 Å². The summed E-state index contributed by atoms with van der Waals surface area (Å²) in [6.45, 7) is 1.97. The summed E-state index contributed by atoms with van der Waals surface area (Å²) in [5.41, 5.74) is 8.07. The molecule has 0 aliphatic rings. The standard InChI is InChI=1S/C10H12ClN3/c1-6-13-8-5-7(10(11)12)3-4-9(8)14(6)2/h3-5,10H,12H2,1-2H3. The number of aromatic nitrogens is 2. The average Bonchev–Trinajstić information content (AvgIpc) is 2.42. The zero-order valence-corrected chi connectivity index (χ0v) is 8.92. The van der Waals surface area contributed by atoms with E-state index in [9.17, 15) is 0 Å². The number of rotatable bonds is 1. The Balaban J connectivity index is 2.67. The molecule has 0 aliphatic heterocycles. The van der Waals surface area contributed by atoms with Crippen LogP contribution in [0.5, 0.6) is 0 Å². The molecular formula is C10H12ClN3. The van der Waals surface area contributed by atoms with Gasteiger partial charge in [0, 0.05) is 7.05 Å². The molecule has 3 nitrogen and oxygen atoms in total. The minimum Gasteiger partial charge on any atom is -0.331 e. The number of nitrogens with zero attached hydrogens (tertiary/aromatic N) is 2. The fourth-order valence-electron chi connectivity index (χ4n) is 1.51. The van der Waals surface area contributed by atoms with E-state index >= 15 is 0 Å². The SMILES string of the molecule is Cc1nc2cc(C(N)Cl)ccc2n1C. The van der Waals surface area contributed by atoms with Gasteiger partial charge in [-0.05, 0) is 24.6 Å². The Morgan fingerprint density at radius 2 is 2.21 bits per heavy atom. The summed E-state index contributed by atoms with van der Waals surface area (Å²) in [7, 11) is 1.99. The summed E-state index contributed by atoms with van der Waals surface area (Å²) in [6, 6.07) is 5.86. The normalized spacial score (nSPS) is 13.4. The summed E-state index contributed by atoms with van der Waals surface area (Å²) >= 11 is 5.79.